The molecule has 0 aliphatic rings. The number of pyridine rings is 1. The van der Waals surface area contributed by atoms with E-state index in [0.717, 1.165) is 22.4 Å². The molecule has 5 aromatic rings. The maximum atomic E-state index is 13.0. The number of nitrogens with one attached hydrogen (secondary N) is 2. The van der Waals surface area contributed by atoms with Gasteiger partial charge in [0.25, 0.3) is 5.91 Å². The summed E-state index contributed by atoms with van der Waals surface area (Å²) >= 11 is 0. The average Bonchev–Trinajstić information content (AvgIpc) is 3.34. The predicted molar refractivity (Wildman–Crippen MR) is 135 cm³/mol. The van der Waals surface area contributed by atoms with Gasteiger partial charge in [-0.05, 0) is 48.5 Å². The first-order valence-corrected chi connectivity index (χ1v) is 10.8. The van der Waals surface area contributed by atoms with E-state index in [1.807, 2.05) is 42.5 Å². The van der Waals surface area contributed by atoms with E-state index in [2.05, 4.69) is 30.5 Å². The summed E-state index contributed by atoms with van der Waals surface area (Å²) in [5, 5.41) is 21.8. The Bertz CT molecular complexity index is 1490. The highest BCUT2D eigenvalue weighted by Gasteiger charge is 2.17. The van der Waals surface area contributed by atoms with Crippen molar-refractivity contribution in [1.82, 2.24) is 15.0 Å². The molecule has 1 amide bonds. The van der Waals surface area contributed by atoms with Crippen molar-refractivity contribution < 1.29 is 9.90 Å². The second-order valence-corrected chi connectivity index (χ2v) is 7.61. The molecule has 3 N–H and O–H groups in total. The molecule has 0 spiro atoms. The van der Waals surface area contributed by atoms with E-state index in [-0.39, 0.29) is 11.5 Å². The molecule has 0 unspecified atom stereocenters. The largest absolute Gasteiger partial charge is 0.505 e. The van der Waals surface area contributed by atoms with E-state index in [4.69, 9.17) is 0 Å². The molecule has 35 heavy (non-hydrogen) atoms. The van der Waals surface area contributed by atoms with E-state index in [1.54, 1.807) is 54.7 Å². The lowest BCUT2D eigenvalue weighted by atomic mass is 10.1. The number of amides is 1. The molecule has 170 valence electrons. The first-order chi connectivity index (χ1) is 17.2. The Labute approximate surface area is 200 Å². The van der Waals surface area contributed by atoms with Crippen molar-refractivity contribution in [3.05, 3.63) is 115 Å². The Balaban J connectivity index is 1.43. The van der Waals surface area contributed by atoms with E-state index >= 15 is 0 Å². The second kappa shape index (κ2) is 9.80. The third-order valence-corrected chi connectivity index (χ3v) is 5.20. The molecule has 0 radical (unpaired) electrons. The van der Waals surface area contributed by atoms with Crippen molar-refractivity contribution in [2.45, 2.75) is 0 Å². The van der Waals surface area contributed by atoms with Crippen LogP contribution in [0.3, 0.4) is 0 Å². The zero-order valence-corrected chi connectivity index (χ0v) is 18.5. The molecule has 8 nitrogen and oxygen atoms in total. The fourth-order valence-electron chi connectivity index (χ4n) is 3.44. The number of hydrogen-bond donors (Lipinski definition) is 3. The Morgan fingerprint density at radius 2 is 1.66 bits per heavy atom. The van der Waals surface area contributed by atoms with Gasteiger partial charge >= 0.3 is 0 Å². The van der Waals surface area contributed by atoms with E-state index in [1.165, 1.54) is 6.20 Å². The topological polar surface area (TPSA) is 116 Å². The summed E-state index contributed by atoms with van der Waals surface area (Å²) in [5.41, 5.74) is 3.94. The summed E-state index contributed by atoms with van der Waals surface area (Å²) in [5.74, 6) is -0.149. The van der Waals surface area contributed by atoms with Crippen LogP contribution in [0, 0.1) is 0 Å². The highest BCUT2D eigenvalue weighted by molar-refractivity contribution is 6.07. The van der Waals surface area contributed by atoms with Crippen LogP contribution in [0.25, 0.3) is 28.2 Å². The van der Waals surface area contributed by atoms with Crippen molar-refractivity contribution in [2.24, 2.45) is 10.2 Å². The van der Waals surface area contributed by atoms with E-state index < -0.39 is 5.91 Å². The first kappa shape index (κ1) is 21.7. The van der Waals surface area contributed by atoms with Crippen LogP contribution in [0.4, 0.5) is 11.4 Å². The minimum Gasteiger partial charge on any atom is -0.505 e. The standard InChI is InChI=1S/C27H20N6O2/c34-25(18-7-2-1-3-8-18)24(27(35)29-21-9-6-16-28-17-21)33-32-20-14-12-19(13-15-20)26-30-22-10-4-5-11-23(22)31-26/h1-17,34H,(H,29,35)(H,30,31)/b25-24+,33-32?. The third-order valence-electron chi connectivity index (χ3n) is 5.20. The molecule has 0 saturated carbocycles. The van der Waals surface area contributed by atoms with Crippen LogP contribution < -0.4 is 5.32 Å². The summed E-state index contributed by atoms with van der Waals surface area (Å²) in [6.45, 7) is 0. The minimum atomic E-state index is -0.609. The highest BCUT2D eigenvalue weighted by atomic mass is 16.3. The summed E-state index contributed by atoms with van der Waals surface area (Å²) < 4.78 is 0. The number of para-hydroxylation sites is 2. The number of fused-ring (bicyclic) bond motifs is 1. The lowest BCUT2D eigenvalue weighted by Crippen LogP contribution is -2.15. The molecule has 0 aliphatic heterocycles. The molecule has 0 fully saturated rings. The Morgan fingerprint density at radius 1 is 0.886 bits per heavy atom. The van der Waals surface area contributed by atoms with Gasteiger partial charge in [-0.2, -0.15) is 5.11 Å². The number of imidazole rings is 1. The molecule has 3 aromatic carbocycles. The number of azo groups is 1. The fourth-order valence-corrected chi connectivity index (χ4v) is 3.44. The van der Waals surface area contributed by atoms with Crippen LogP contribution in [-0.4, -0.2) is 26.0 Å². The smallest absolute Gasteiger partial charge is 0.280 e. The first-order valence-electron chi connectivity index (χ1n) is 10.8. The summed E-state index contributed by atoms with van der Waals surface area (Å²) in [4.78, 5) is 24.8. The highest BCUT2D eigenvalue weighted by Crippen LogP contribution is 2.25. The molecule has 8 heteroatoms. The number of H-pyrrole nitrogens is 1. The van der Waals surface area contributed by atoms with Crippen molar-refractivity contribution in [3.63, 3.8) is 0 Å². The molecule has 2 aromatic heterocycles. The van der Waals surface area contributed by atoms with E-state index in [9.17, 15) is 9.90 Å². The van der Waals surface area contributed by atoms with Gasteiger partial charge in [0.1, 0.15) is 5.82 Å². The average molecular weight is 460 g/mol. The fraction of sp³-hybridized carbons (Fsp3) is 0. The third kappa shape index (κ3) is 4.96. The Hall–Kier alpha value is -5.11. The number of carbonyl (C=O) groups is 1. The van der Waals surface area contributed by atoms with Crippen molar-refractivity contribution in [2.75, 3.05) is 5.32 Å². The van der Waals surface area contributed by atoms with Gasteiger partial charge in [0.05, 0.1) is 28.6 Å². The monoisotopic (exact) mass is 460 g/mol. The second-order valence-electron chi connectivity index (χ2n) is 7.61. The number of benzene rings is 3. The SMILES string of the molecule is O=C(Nc1cccnc1)/C(N=Nc1ccc(-c2nc3ccccc3[nH]2)cc1)=C(\O)c1ccccc1. The van der Waals surface area contributed by atoms with Gasteiger partial charge < -0.3 is 15.4 Å². The van der Waals surface area contributed by atoms with Crippen LogP contribution in [0.5, 0.6) is 0 Å². The lowest BCUT2D eigenvalue weighted by molar-refractivity contribution is -0.112. The molecule has 0 saturated heterocycles. The molecule has 5 rings (SSSR count). The number of nitrogens with zero attached hydrogens (tertiary/aromatic N) is 4. The number of aromatic nitrogens is 3. The van der Waals surface area contributed by atoms with Gasteiger partial charge in [0.2, 0.25) is 0 Å². The number of aromatic amines is 1. The maximum absolute atomic E-state index is 13.0. The predicted octanol–water partition coefficient (Wildman–Crippen LogP) is 6.27. The van der Waals surface area contributed by atoms with Gasteiger partial charge in [0, 0.05) is 17.3 Å². The van der Waals surface area contributed by atoms with Crippen LogP contribution in [0.15, 0.2) is 119 Å². The van der Waals surface area contributed by atoms with Crippen molar-refractivity contribution in [3.8, 4) is 11.4 Å². The number of aliphatic hydroxyl groups is 1. The maximum Gasteiger partial charge on any atom is 0.280 e. The molecular formula is C27H20N6O2. The van der Waals surface area contributed by atoms with Gasteiger partial charge in [-0.15, -0.1) is 5.11 Å². The van der Waals surface area contributed by atoms with Crippen LogP contribution in [0.1, 0.15) is 5.56 Å². The number of hydrogen-bond acceptors (Lipinski definition) is 6. The zero-order chi connectivity index (χ0) is 24.0. The van der Waals surface area contributed by atoms with Crippen LogP contribution in [0.2, 0.25) is 0 Å². The Kier molecular flexibility index (Phi) is 6.08. The summed E-state index contributed by atoms with van der Waals surface area (Å²) in [6, 6.07) is 27.2. The van der Waals surface area contributed by atoms with Gasteiger partial charge in [-0.3, -0.25) is 9.78 Å². The Morgan fingerprint density at radius 3 is 2.40 bits per heavy atom. The quantitative estimate of drug-likeness (QED) is 0.157. The lowest BCUT2D eigenvalue weighted by Gasteiger charge is -2.07. The number of carbonyl (C=O) groups excluding carboxylic acids is 1. The zero-order valence-electron chi connectivity index (χ0n) is 18.5. The van der Waals surface area contributed by atoms with Gasteiger partial charge in [0.15, 0.2) is 11.5 Å². The van der Waals surface area contributed by atoms with Crippen LogP contribution >= 0.6 is 0 Å². The van der Waals surface area contributed by atoms with Crippen LogP contribution in [-0.2, 0) is 4.79 Å². The van der Waals surface area contributed by atoms with Gasteiger partial charge in [-0.1, -0.05) is 42.5 Å². The summed E-state index contributed by atoms with van der Waals surface area (Å²) in [7, 11) is 0. The normalized spacial score (nSPS) is 12.0. The van der Waals surface area contributed by atoms with Crippen molar-refractivity contribution >= 4 is 34.1 Å². The molecule has 2 heterocycles. The molecular weight excluding hydrogens is 440 g/mol. The molecule has 0 bridgehead atoms. The number of aliphatic hydroxyl groups excluding tert-OH is 1. The van der Waals surface area contributed by atoms with E-state index in [0.29, 0.717) is 16.9 Å². The number of anilines is 1. The minimum absolute atomic E-state index is 0.221. The number of rotatable bonds is 6. The van der Waals surface area contributed by atoms with Gasteiger partial charge in [-0.25, -0.2) is 4.98 Å². The molecule has 0 aliphatic carbocycles. The van der Waals surface area contributed by atoms with Crippen molar-refractivity contribution in [1.29, 1.82) is 0 Å². The summed E-state index contributed by atoms with van der Waals surface area (Å²) in [6.07, 6.45) is 3.10. The molecule has 0 atom stereocenters.